The molecule has 0 saturated heterocycles. The van der Waals surface area contributed by atoms with Crippen molar-refractivity contribution in [2.45, 2.75) is 0 Å². The second kappa shape index (κ2) is 6.38. The number of benzene rings is 1. The first-order valence-corrected chi connectivity index (χ1v) is 6.09. The third-order valence-electron chi connectivity index (χ3n) is 2.73. The maximum absolute atomic E-state index is 11.6. The number of aliphatic imine (C=N–C) groups is 1. The third kappa shape index (κ3) is 2.95. The Bertz CT molecular complexity index is 599. The number of amidine groups is 1. The van der Waals surface area contributed by atoms with E-state index < -0.39 is 5.97 Å². The average molecular weight is 270 g/mol. The Morgan fingerprint density at radius 1 is 1.40 bits per heavy atom. The Morgan fingerprint density at radius 3 is 2.80 bits per heavy atom. The number of nitrogens with one attached hydrogen (secondary N) is 2. The van der Waals surface area contributed by atoms with E-state index >= 15 is 0 Å². The zero-order chi connectivity index (χ0) is 14.4. The molecule has 1 aromatic rings. The minimum atomic E-state index is -0.684. The number of nitriles is 1. The van der Waals surface area contributed by atoms with Gasteiger partial charge in [-0.15, -0.1) is 0 Å². The van der Waals surface area contributed by atoms with Gasteiger partial charge in [0.15, 0.2) is 5.57 Å². The van der Waals surface area contributed by atoms with Crippen LogP contribution < -0.4 is 10.6 Å². The zero-order valence-corrected chi connectivity index (χ0v) is 11.0. The van der Waals surface area contributed by atoms with Gasteiger partial charge >= 0.3 is 5.97 Å². The molecule has 0 aliphatic carbocycles. The van der Waals surface area contributed by atoms with E-state index in [1.54, 1.807) is 0 Å². The summed E-state index contributed by atoms with van der Waals surface area (Å²) in [5.41, 5.74) is 0.786. The molecule has 0 saturated carbocycles. The molecule has 0 amide bonds. The van der Waals surface area contributed by atoms with E-state index in [-0.39, 0.29) is 5.57 Å². The second-order valence-corrected chi connectivity index (χ2v) is 4.00. The molecule has 0 unspecified atom stereocenters. The largest absolute Gasteiger partial charge is 0.465 e. The molecule has 0 spiro atoms. The lowest BCUT2D eigenvalue weighted by Gasteiger charge is -2.12. The molecule has 6 heteroatoms. The lowest BCUT2D eigenvalue weighted by atomic mass is 10.2. The van der Waals surface area contributed by atoms with Crippen LogP contribution in [-0.2, 0) is 9.53 Å². The fourth-order valence-electron chi connectivity index (χ4n) is 1.77. The Hall–Kier alpha value is -2.81. The van der Waals surface area contributed by atoms with Crippen molar-refractivity contribution in [3.63, 3.8) is 0 Å². The molecule has 0 atom stereocenters. The molecule has 2 N–H and O–H groups in total. The number of rotatable bonds is 2. The van der Waals surface area contributed by atoms with Gasteiger partial charge in [0, 0.05) is 12.1 Å². The number of carbonyl (C=O) groups excluding carboxylic acids is 1. The van der Waals surface area contributed by atoms with Crippen LogP contribution in [0.3, 0.4) is 0 Å². The van der Waals surface area contributed by atoms with Gasteiger partial charge in [0.2, 0.25) is 0 Å². The van der Waals surface area contributed by atoms with E-state index in [2.05, 4.69) is 20.4 Å². The number of esters is 1. The maximum Gasteiger partial charge on any atom is 0.352 e. The Kier molecular flexibility index (Phi) is 4.35. The van der Waals surface area contributed by atoms with E-state index in [1.165, 1.54) is 7.11 Å². The Morgan fingerprint density at radius 2 is 2.15 bits per heavy atom. The fraction of sp³-hybridized carbons (Fsp3) is 0.214. The minimum Gasteiger partial charge on any atom is -0.465 e. The smallest absolute Gasteiger partial charge is 0.352 e. The molecule has 1 aliphatic rings. The molecule has 1 aromatic carbocycles. The number of methoxy groups -OCH3 is 1. The predicted molar refractivity (Wildman–Crippen MR) is 73.6 cm³/mol. The molecule has 6 nitrogen and oxygen atoms in total. The Labute approximate surface area is 116 Å². The standard InChI is InChI=1S/C14H14N4O2/c1-20-14(19)11(9-15)13-17-8-7-16-12(18-13)10-5-3-2-4-6-10/h2-6,17H,7-8H2,1H3,(H,16,18)/b13-11-. The molecule has 102 valence electrons. The monoisotopic (exact) mass is 270 g/mol. The zero-order valence-electron chi connectivity index (χ0n) is 11.0. The molecular weight excluding hydrogens is 256 g/mol. The summed E-state index contributed by atoms with van der Waals surface area (Å²) in [6.07, 6.45) is 0. The molecule has 0 radical (unpaired) electrons. The summed E-state index contributed by atoms with van der Waals surface area (Å²) < 4.78 is 4.60. The van der Waals surface area contributed by atoms with Gasteiger partial charge in [-0.1, -0.05) is 30.3 Å². The lowest BCUT2D eigenvalue weighted by molar-refractivity contribution is -0.135. The molecule has 2 rings (SSSR count). The van der Waals surface area contributed by atoms with Crippen molar-refractivity contribution in [3.05, 3.63) is 47.3 Å². The first kappa shape index (κ1) is 13.6. The van der Waals surface area contributed by atoms with Crippen molar-refractivity contribution >= 4 is 11.8 Å². The van der Waals surface area contributed by atoms with Gasteiger partial charge in [-0.2, -0.15) is 5.26 Å². The first-order chi connectivity index (χ1) is 9.76. The van der Waals surface area contributed by atoms with Crippen LogP contribution in [0.5, 0.6) is 0 Å². The normalized spacial score (nSPS) is 16.7. The number of nitrogens with zero attached hydrogens (tertiary/aromatic N) is 2. The summed E-state index contributed by atoms with van der Waals surface area (Å²) in [5.74, 6) is 0.249. The highest BCUT2D eigenvalue weighted by molar-refractivity contribution is 6.01. The van der Waals surface area contributed by atoms with Crippen LogP contribution in [0, 0.1) is 11.3 Å². The molecular formula is C14H14N4O2. The summed E-state index contributed by atoms with van der Waals surface area (Å²) in [7, 11) is 1.24. The van der Waals surface area contributed by atoms with Crippen LogP contribution in [-0.4, -0.2) is 32.0 Å². The van der Waals surface area contributed by atoms with Crippen LogP contribution in [0.15, 0.2) is 46.7 Å². The predicted octanol–water partition coefficient (Wildman–Crippen LogP) is 0.534. The quantitative estimate of drug-likeness (QED) is 0.465. The van der Waals surface area contributed by atoms with E-state index in [0.717, 1.165) is 5.56 Å². The number of ether oxygens (including phenoxy) is 1. The van der Waals surface area contributed by atoms with Crippen LogP contribution in [0.25, 0.3) is 0 Å². The molecule has 0 fully saturated rings. The SMILES string of the molecule is COC(=O)/C(C#N)=C1/NCCN=C(c2ccccc2)N1. The fourth-order valence-corrected chi connectivity index (χ4v) is 1.77. The van der Waals surface area contributed by atoms with Gasteiger partial charge in [-0.3, -0.25) is 4.99 Å². The van der Waals surface area contributed by atoms with Crippen LogP contribution >= 0.6 is 0 Å². The van der Waals surface area contributed by atoms with Crippen LogP contribution in [0.2, 0.25) is 0 Å². The molecule has 0 bridgehead atoms. The summed E-state index contributed by atoms with van der Waals surface area (Å²) in [6.45, 7) is 1.07. The molecule has 1 heterocycles. The Balaban J connectivity index is 2.35. The number of hydrogen-bond donors (Lipinski definition) is 2. The van der Waals surface area contributed by atoms with E-state index in [0.29, 0.717) is 24.7 Å². The topological polar surface area (TPSA) is 86.5 Å². The van der Waals surface area contributed by atoms with Gasteiger partial charge in [-0.05, 0) is 0 Å². The van der Waals surface area contributed by atoms with Crippen LogP contribution in [0.1, 0.15) is 5.56 Å². The maximum atomic E-state index is 11.6. The van der Waals surface area contributed by atoms with E-state index in [4.69, 9.17) is 5.26 Å². The van der Waals surface area contributed by atoms with Crippen molar-refractivity contribution in [2.24, 2.45) is 4.99 Å². The van der Waals surface area contributed by atoms with Crippen molar-refractivity contribution < 1.29 is 9.53 Å². The third-order valence-corrected chi connectivity index (χ3v) is 2.73. The van der Waals surface area contributed by atoms with Gasteiger partial charge in [0.25, 0.3) is 0 Å². The van der Waals surface area contributed by atoms with Gasteiger partial charge in [-0.25, -0.2) is 4.79 Å². The van der Waals surface area contributed by atoms with Crippen LogP contribution in [0.4, 0.5) is 0 Å². The van der Waals surface area contributed by atoms with Gasteiger partial charge < -0.3 is 15.4 Å². The first-order valence-electron chi connectivity index (χ1n) is 6.09. The summed E-state index contributed by atoms with van der Waals surface area (Å²) in [4.78, 5) is 16.0. The minimum absolute atomic E-state index is 0.0990. The number of carbonyl (C=O) groups is 1. The van der Waals surface area contributed by atoms with Gasteiger partial charge in [0.1, 0.15) is 17.7 Å². The number of hydrogen-bond acceptors (Lipinski definition) is 6. The van der Waals surface area contributed by atoms with Crippen molar-refractivity contribution in [1.29, 1.82) is 5.26 Å². The average Bonchev–Trinajstić information content (AvgIpc) is 2.75. The molecule has 0 aromatic heterocycles. The van der Waals surface area contributed by atoms with Crippen molar-refractivity contribution in [1.82, 2.24) is 10.6 Å². The summed E-state index contributed by atoms with van der Waals surface area (Å²) in [6, 6.07) is 11.3. The van der Waals surface area contributed by atoms with Crippen molar-refractivity contribution in [2.75, 3.05) is 20.2 Å². The van der Waals surface area contributed by atoms with Gasteiger partial charge in [0.05, 0.1) is 13.7 Å². The van der Waals surface area contributed by atoms with Crippen molar-refractivity contribution in [3.8, 4) is 6.07 Å². The second-order valence-electron chi connectivity index (χ2n) is 4.00. The summed E-state index contributed by atoms with van der Waals surface area (Å²) >= 11 is 0. The molecule has 20 heavy (non-hydrogen) atoms. The summed E-state index contributed by atoms with van der Waals surface area (Å²) in [5, 5.41) is 15.1. The van der Waals surface area contributed by atoms with E-state index in [1.807, 2.05) is 36.4 Å². The van der Waals surface area contributed by atoms with E-state index in [9.17, 15) is 4.79 Å². The highest BCUT2D eigenvalue weighted by Gasteiger charge is 2.19. The molecule has 1 aliphatic heterocycles. The lowest BCUT2D eigenvalue weighted by Crippen LogP contribution is -2.33. The highest BCUT2D eigenvalue weighted by Crippen LogP contribution is 2.07. The highest BCUT2D eigenvalue weighted by atomic mass is 16.5.